The van der Waals surface area contributed by atoms with E-state index in [0.29, 0.717) is 5.02 Å². The summed E-state index contributed by atoms with van der Waals surface area (Å²) in [6, 6.07) is 17.3. The minimum Gasteiger partial charge on any atom is -0.348 e. The van der Waals surface area contributed by atoms with Gasteiger partial charge in [-0.15, -0.1) is 0 Å². The predicted octanol–water partition coefficient (Wildman–Crippen LogP) is 4.35. The topological polar surface area (TPSA) is 32.3 Å². The molecule has 0 saturated carbocycles. The van der Waals surface area contributed by atoms with Crippen LogP contribution in [0, 0.1) is 0 Å². The summed E-state index contributed by atoms with van der Waals surface area (Å²) in [5.74, 6) is 0.0375. The van der Waals surface area contributed by atoms with Crippen LogP contribution in [-0.4, -0.2) is 23.9 Å². The Hall–Kier alpha value is -1.84. The van der Waals surface area contributed by atoms with Crippen molar-refractivity contribution in [2.75, 3.05) is 13.1 Å². The molecule has 1 aliphatic rings. The summed E-state index contributed by atoms with van der Waals surface area (Å²) in [6.07, 6.45) is 2.30. The lowest BCUT2D eigenvalue weighted by Gasteiger charge is -2.28. The Balaban J connectivity index is 1.80. The highest BCUT2D eigenvalue weighted by molar-refractivity contribution is 6.31. The van der Waals surface area contributed by atoms with Crippen molar-refractivity contribution in [3.8, 4) is 0 Å². The van der Waals surface area contributed by atoms with Crippen LogP contribution in [0.25, 0.3) is 0 Å². The van der Waals surface area contributed by atoms with Gasteiger partial charge < -0.3 is 5.32 Å². The summed E-state index contributed by atoms with van der Waals surface area (Å²) in [5, 5.41) is 3.83. The van der Waals surface area contributed by atoms with Crippen LogP contribution in [0.1, 0.15) is 43.0 Å². The summed E-state index contributed by atoms with van der Waals surface area (Å²) in [5.41, 5.74) is 1.99. The summed E-state index contributed by atoms with van der Waals surface area (Å²) in [7, 11) is 0. The van der Waals surface area contributed by atoms with Crippen molar-refractivity contribution in [3.05, 3.63) is 70.7 Å². The summed E-state index contributed by atoms with van der Waals surface area (Å²) < 4.78 is 0. The highest BCUT2D eigenvalue weighted by atomic mass is 35.5. The van der Waals surface area contributed by atoms with Gasteiger partial charge in [0.05, 0.1) is 6.04 Å². The van der Waals surface area contributed by atoms with Crippen LogP contribution < -0.4 is 5.32 Å². The van der Waals surface area contributed by atoms with E-state index in [1.54, 1.807) is 0 Å². The summed E-state index contributed by atoms with van der Waals surface area (Å²) >= 11 is 6.26. The second-order valence-corrected chi connectivity index (χ2v) is 6.72. The second-order valence-electron chi connectivity index (χ2n) is 6.31. The molecule has 3 nitrogen and oxygen atoms in total. The number of hydrogen-bond donors (Lipinski definition) is 1. The standard InChI is InChI=1S/C20H23ClN2O/c1-15(17-11-5-6-12-18(17)21)22-20(24)19(23-13-7-8-14-23)16-9-3-2-4-10-16/h2-6,9-12,15,19H,7-8,13-14H2,1H3,(H,22,24). The Labute approximate surface area is 148 Å². The largest absolute Gasteiger partial charge is 0.348 e. The first kappa shape index (κ1) is 17.0. The normalized spacial score (nSPS) is 17.4. The van der Waals surface area contributed by atoms with Crippen LogP contribution in [0.3, 0.4) is 0 Å². The lowest BCUT2D eigenvalue weighted by Crippen LogP contribution is -2.40. The van der Waals surface area contributed by atoms with Crippen molar-refractivity contribution in [2.45, 2.75) is 31.8 Å². The molecule has 3 rings (SSSR count). The number of likely N-dealkylation sites (tertiary alicyclic amines) is 1. The van der Waals surface area contributed by atoms with Crippen LogP contribution in [0.2, 0.25) is 5.02 Å². The molecule has 2 atom stereocenters. The fraction of sp³-hybridized carbons (Fsp3) is 0.350. The average Bonchev–Trinajstić information content (AvgIpc) is 3.10. The third-order valence-corrected chi connectivity index (χ3v) is 4.94. The third kappa shape index (κ3) is 3.80. The van der Waals surface area contributed by atoms with Crippen LogP contribution in [0.15, 0.2) is 54.6 Å². The van der Waals surface area contributed by atoms with Crippen molar-refractivity contribution in [3.63, 3.8) is 0 Å². The number of amides is 1. The maximum atomic E-state index is 13.0. The first-order valence-corrected chi connectivity index (χ1v) is 8.88. The lowest BCUT2D eigenvalue weighted by molar-refractivity contribution is -0.127. The molecule has 2 unspecified atom stereocenters. The molecule has 126 valence electrons. The number of carbonyl (C=O) groups excluding carboxylic acids is 1. The quantitative estimate of drug-likeness (QED) is 0.875. The zero-order valence-electron chi connectivity index (χ0n) is 13.9. The first-order chi connectivity index (χ1) is 11.7. The molecule has 1 fully saturated rings. The fourth-order valence-corrected chi connectivity index (χ4v) is 3.66. The number of nitrogens with zero attached hydrogens (tertiary/aromatic N) is 1. The summed E-state index contributed by atoms with van der Waals surface area (Å²) in [4.78, 5) is 15.3. The minimum atomic E-state index is -0.237. The summed E-state index contributed by atoms with van der Waals surface area (Å²) in [6.45, 7) is 3.91. The van der Waals surface area contributed by atoms with E-state index in [9.17, 15) is 4.79 Å². The molecule has 0 aliphatic carbocycles. The van der Waals surface area contributed by atoms with Gasteiger partial charge in [0.2, 0.25) is 5.91 Å². The van der Waals surface area contributed by atoms with Gasteiger partial charge in [-0.05, 0) is 50.0 Å². The molecule has 0 aromatic heterocycles. The molecule has 0 radical (unpaired) electrons. The number of benzene rings is 2. The van der Waals surface area contributed by atoms with E-state index in [4.69, 9.17) is 11.6 Å². The van der Waals surface area contributed by atoms with Crippen molar-refractivity contribution in [2.24, 2.45) is 0 Å². The van der Waals surface area contributed by atoms with Gasteiger partial charge in [0.25, 0.3) is 0 Å². The van der Waals surface area contributed by atoms with E-state index in [2.05, 4.69) is 10.2 Å². The number of halogens is 1. The maximum absolute atomic E-state index is 13.0. The van der Waals surface area contributed by atoms with E-state index in [0.717, 1.165) is 37.1 Å². The molecule has 0 bridgehead atoms. The van der Waals surface area contributed by atoms with E-state index >= 15 is 0 Å². The zero-order chi connectivity index (χ0) is 16.9. The minimum absolute atomic E-state index is 0.0375. The van der Waals surface area contributed by atoms with Gasteiger partial charge >= 0.3 is 0 Å². The van der Waals surface area contributed by atoms with Gasteiger partial charge in [-0.25, -0.2) is 0 Å². The molecule has 0 spiro atoms. The SMILES string of the molecule is CC(NC(=O)C(c1ccccc1)N1CCCC1)c1ccccc1Cl. The van der Waals surface area contributed by atoms with Gasteiger partial charge in [-0.1, -0.05) is 60.1 Å². The van der Waals surface area contributed by atoms with Gasteiger partial charge in [0, 0.05) is 5.02 Å². The van der Waals surface area contributed by atoms with E-state index in [-0.39, 0.29) is 18.0 Å². The Kier molecular flexibility index (Phi) is 5.54. The van der Waals surface area contributed by atoms with Gasteiger partial charge in [0.15, 0.2) is 0 Å². The van der Waals surface area contributed by atoms with Gasteiger partial charge in [-0.2, -0.15) is 0 Å². The van der Waals surface area contributed by atoms with Crippen molar-refractivity contribution < 1.29 is 4.79 Å². The Morgan fingerprint density at radius 1 is 1.04 bits per heavy atom. The highest BCUT2D eigenvalue weighted by Crippen LogP contribution is 2.27. The van der Waals surface area contributed by atoms with Crippen LogP contribution >= 0.6 is 11.6 Å². The Morgan fingerprint density at radius 3 is 2.33 bits per heavy atom. The number of carbonyl (C=O) groups is 1. The number of rotatable bonds is 5. The lowest BCUT2D eigenvalue weighted by atomic mass is 10.0. The van der Waals surface area contributed by atoms with Gasteiger partial charge in [-0.3, -0.25) is 9.69 Å². The molecular formula is C20H23ClN2O. The Morgan fingerprint density at radius 2 is 1.67 bits per heavy atom. The highest BCUT2D eigenvalue weighted by Gasteiger charge is 2.30. The zero-order valence-corrected chi connectivity index (χ0v) is 14.7. The smallest absolute Gasteiger partial charge is 0.242 e. The van der Waals surface area contributed by atoms with E-state index < -0.39 is 0 Å². The van der Waals surface area contributed by atoms with Crippen LogP contribution in [0.5, 0.6) is 0 Å². The third-order valence-electron chi connectivity index (χ3n) is 4.60. The van der Waals surface area contributed by atoms with E-state index in [1.165, 1.54) is 0 Å². The van der Waals surface area contributed by atoms with Crippen molar-refractivity contribution in [1.29, 1.82) is 0 Å². The first-order valence-electron chi connectivity index (χ1n) is 8.50. The molecule has 1 aliphatic heterocycles. The molecule has 1 heterocycles. The molecule has 1 amide bonds. The fourth-order valence-electron chi connectivity index (χ4n) is 3.36. The van der Waals surface area contributed by atoms with Gasteiger partial charge in [0.1, 0.15) is 6.04 Å². The predicted molar refractivity (Wildman–Crippen MR) is 98.0 cm³/mol. The molecule has 4 heteroatoms. The Bertz CT molecular complexity index is 683. The average molecular weight is 343 g/mol. The molecule has 1 N–H and O–H groups in total. The van der Waals surface area contributed by atoms with Crippen LogP contribution in [0.4, 0.5) is 0 Å². The van der Waals surface area contributed by atoms with E-state index in [1.807, 2.05) is 61.5 Å². The monoisotopic (exact) mass is 342 g/mol. The molecule has 24 heavy (non-hydrogen) atoms. The maximum Gasteiger partial charge on any atom is 0.242 e. The second kappa shape index (κ2) is 7.82. The molecular weight excluding hydrogens is 320 g/mol. The van der Waals surface area contributed by atoms with Crippen LogP contribution in [-0.2, 0) is 4.79 Å². The molecule has 2 aromatic rings. The molecule has 1 saturated heterocycles. The molecule has 2 aromatic carbocycles. The van der Waals surface area contributed by atoms with Crippen molar-refractivity contribution in [1.82, 2.24) is 10.2 Å². The van der Waals surface area contributed by atoms with Crippen molar-refractivity contribution >= 4 is 17.5 Å². The number of nitrogens with one attached hydrogen (secondary N) is 1. The number of hydrogen-bond acceptors (Lipinski definition) is 2.